The van der Waals surface area contributed by atoms with Gasteiger partial charge in [-0.25, -0.2) is 14.8 Å². The number of carbonyl (C=O) groups excluding carboxylic acids is 1. The molecule has 0 radical (unpaired) electrons. The Morgan fingerprint density at radius 1 is 1.53 bits per heavy atom. The number of aliphatic hydroxyl groups is 1. The summed E-state index contributed by atoms with van der Waals surface area (Å²) in [6.45, 7) is -0.358. The summed E-state index contributed by atoms with van der Waals surface area (Å²) in [7, 11) is 1.25. The maximum Gasteiger partial charge on any atom is 0.338 e. The molecule has 100 valence electrons. The Bertz CT molecular complexity index is 573. The molecule has 0 aliphatic rings. The van der Waals surface area contributed by atoms with Crippen molar-refractivity contribution >= 4 is 28.3 Å². The molecule has 8 heteroatoms. The molecular weight excluding hydrogens is 270 g/mol. The third-order valence-electron chi connectivity index (χ3n) is 2.27. The summed E-state index contributed by atoms with van der Waals surface area (Å²) >= 11 is 1.21. The second kappa shape index (κ2) is 5.74. The van der Waals surface area contributed by atoms with Gasteiger partial charge in [0.2, 0.25) is 5.13 Å². The van der Waals surface area contributed by atoms with E-state index in [1.54, 1.807) is 5.38 Å². The largest absolute Gasteiger partial charge is 0.465 e. The van der Waals surface area contributed by atoms with E-state index in [9.17, 15) is 10.0 Å². The highest BCUT2D eigenvalue weighted by atomic mass is 32.1. The summed E-state index contributed by atoms with van der Waals surface area (Å²) in [5, 5.41) is 21.8. The number of esters is 1. The molecule has 2 aromatic rings. The first kappa shape index (κ1) is 13.4. The molecule has 0 atom stereocenters. The standard InChI is InChI=1S/C11H11N3O4S/c1-18-10(16)7-4-8(6-15)13-9(5-7)14(17)11-12-2-3-19-11/h2-5,15,17H,6H2,1H3. The zero-order chi connectivity index (χ0) is 13.8. The monoisotopic (exact) mass is 281 g/mol. The van der Waals surface area contributed by atoms with Crippen molar-refractivity contribution in [2.45, 2.75) is 6.61 Å². The zero-order valence-electron chi connectivity index (χ0n) is 9.98. The third-order valence-corrected chi connectivity index (χ3v) is 3.01. The molecule has 2 heterocycles. The Kier molecular flexibility index (Phi) is 4.05. The van der Waals surface area contributed by atoms with Gasteiger partial charge in [-0.15, -0.1) is 11.3 Å². The summed E-state index contributed by atoms with van der Waals surface area (Å²) in [6.07, 6.45) is 1.53. The van der Waals surface area contributed by atoms with Gasteiger partial charge in [0.25, 0.3) is 0 Å². The lowest BCUT2D eigenvalue weighted by Gasteiger charge is -2.14. The molecule has 0 aromatic carbocycles. The Morgan fingerprint density at radius 2 is 2.32 bits per heavy atom. The number of hydrogen-bond acceptors (Lipinski definition) is 8. The fourth-order valence-corrected chi connectivity index (χ4v) is 1.97. The first-order valence-corrected chi connectivity index (χ1v) is 6.12. The van der Waals surface area contributed by atoms with Gasteiger partial charge in [0.15, 0.2) is 5.82 Å². The normalized spacial score (nSPS) is 10.3. The summed E-state index contributed by atoms with van der Waals surface area (Å²) in [5.74, 6) is -0.493. The average molecular weight is 281 g/mol. The Labute approximate surface area is 112 Å². The summed E-state index contributed by atoms with van der Waals surface area (Å²) in [4.78, 5) is 19.4. The van der Waals surface area contributed by atoms with E-state index in [-0.39, 0.29) is 23.7 Å². The van der Waals surface area contributed by atoms with Crippen molar-refractivity contribution < 1.29 is 19.8 Å². The molecule has 0 fully saturated rings. The van der Waals surface area contributed by atoms with Gasteiger partial charge < -0.3 is 9.84 Å². The maximum absolute atomic E-state index is 11.5. The van der Waals surface area contributed by atoms with E-state index in [4.69, 9.17) is 5.11 Å². The minimum atomic E-state index is -0.578. The second-order valence-corrected chi connectivity index (χ2v) is 4.35. The van der Waals surface area contributed by atoms with Crippen molar-refractivity contribution in [1.82, 2.24) is 9.97 Å². The predicted octanol–water partition coefficient (Wildman–Crippen LogP) is 1.34. The van der Waals surface area contributed by atoms with Crippen molar-refractivity contribution in [1.29, 1.82) is 0 Å². The minimum absolute atomic E-state index is 0.0851. The molecule has 0 spiro atoms. The van der Waals surface area contributed by atoms with E-state index in [0.29, 0.717) is 5.13 Å². The van der Waals surface area contributed by atoms with E-state index in [2.05, 4.69) is 14.7 Å². The molecule has 0 saturated carbocycles. The zero-order valence-corrected chi connectivity index (χ0v) is 10.8. The molecule has 2 rings (SSSR count). The highest BCUT2D eigenvalue weighted by molar-refractivity contribution is 7.13. The number of carbonyl (C=O) groups is 1. The smallest absolute Gasteiger partial charge is 0.338 e. The molecule has 7 nitrogen and oxygen atoms in total. The van der Waals surface area contributed by atoms with Gasteiger partial charge >= 0.3 is 5.97 Å². The van der Waals surface area contributed by atoms with Crippen LogP contribution in [0.4, 0.5) is 10.9 Å². The molecule has 2 N–H and O–H groups in total. The fourth-order valence-electron chi connectivity index (χ4n) is 1.42. The van der Waals surface area contributed by atoms with E-state index in [1.807, 2.05) is 0 Å². The molecule has 0 bridgehead atoms. The first-order chi connectivity index (χ1) is 9.15. The van der Waals surface area contributed by atoms with Crippen LogP contribution in [0.1, 0.15) is 16.1 Å². The van der Waals surface area contributed by atoms with Crippen LogP contribution >= 0.6 is 11.3 Å². The molecule has 2 aromatic heterocycles. The number of nitrogens with zero attached hydrogens (tertiary/aromatic N) is 3. The lowest BCUT2D eigenvalue weighted by atomic mass is 10.2. The van der Waals surface area contributed by atoms with Crippen LogP contribution in [-0.4, -0.2) is 33.4 Å². The van der Waals surface area contributed by atoms with Crippen LogP contribution in [0, 0.1) is 0 Å². The number of aromatic nitrogens is 2. The van der Waals surface area contributed by atoms with Crippen LogP contribution < -0.4 is 5.06 Å². The number of aliphatic hydroxyl groups excluding tert-OH is 1. The summed E-state index contributed by atoms with van der Waals surface area (Å²) < 4.78 is 4.60. The molecule has 0 amide bonds. The number of pyridine rings is 1. The van der Waals surface area contributed by atoms with Gasteiger partial charge in [0.1, 0.15) is 0 Å². The Hall–Kier alpha value is -2.03. The van der Waals surface area contributed by atoms with Gasteiger partial charge in [-0.1, -0.05) is 0 Å². The second-order valence-electron chi connectivity index (χ2n) is 3.48. The predicted molar refractivity (Wildman–Crippen MR) is 67.5 cm³/mol. The lowest BCUT2D eigenvalue weighted by molar-refractivity contribution is 0.0600. The summed E-state index contributed by atoms with van der Waals surface area (Å²) in [5.41, 5.74) is 0.431. The van der Waals surface area contributed by atoms with E-state index >= 15 is 0 Å². The maximum atomic E-state index is 11.5. The lowest BCUT2D eigenvalue weighted by Crippen LogP contribution is -2.14. The number of ether oxygens (including phenoxy) is 1. The van der Waals surface area contributed by atoms with Gasteiger partial charge in [-0.2, -0.15) is 5.06 Å². The topological polar surface area (TPSA) is 95.8 Å². The molecule has 0 saturated heterocycles. The number of anilines is 2. The van der Waals surface area contributed by atoms with Crippen molar-refractivity contribution in [3.05, 3.63) is 35.0 Å². The van der Waals surface area contributed by atoms with E-state index < -0.39 is 5.97 Å². The van der Waals surface area contributed by atoms with Crippen LogP contribution in [0.5, 0.6) is 0 Å². The van der Waals surface area contributed by atoms with Gasteiger partial charge in [0, 0.05) is 11.6 Å². The van der Waals surface area contributed by atoms with E-state index in [1.165, 1.54) is 36.8 Å². The van der Waals surface area contributed by atoms with Crippen LogP contribution in [0.2, 0.25) is 0 Å². The van der Waals surface area contributed by atoms with Crippen molar-refractivity contribution in [3.63, 3.8) is 0 Å². The quantitative estimate of drug-likeness (QED) is 0.645. The Balaban J connectivity index is 2.42. The number of thiazole rings is 1. The SMILES string of the molecule is COC(=O)c1cc(CO)nc(N(O)c2nccs2)c1. The van der Waals surface area contributed by atoms with Gasteiger partial charge in [0.05, 0.1) is 25.0 Å². The number of methoxy groups -OCH3 is 1. The third kappa shape index (κ3) is 2.87. The highest BCUT2D eigenvalue weighted by Gasteiger charge is 2.15. The Morgan fingerprint density at radius 3 is 2.89 bits per heavy atom. The van der Waals surface area contributed by atoms with Gasteiger partial charge in [-0.3, -0.25) is 5.21 Å². The average Bonchev–Trinajstić information content (AvgIpc) is 2.99. The first-order valence-electron chi connectivity index (χ1n) is 5.24. The minimum Gasteiger partial charge on any atom is -0.465 e. The van der Waals surface area contributed by atoms with Crippen molar-refractivity contribution in [3.8, 4) is 0 Å². The molecule has 0 aliphatic heterocycles. The van der Waals surface area contributed by atoms with Crippen LogP contribution in [0.15, 0.2) is 23.7 Å². The van der Waals surface area contributed by atoms with Crippen LogP contribution in [-0.2, 0) is 11.3 Å². The number of hydrogen-bond donors (Lipinski definition) is 2. The molecule has 19 heavy (non-hydrogen) atoms. The van der Waals surface area contributed by atoms with Crippen molar-refractivity contribution in [2.75, 3.05) is 12.2 Å². The van der Waals surface area contributed by atoms with Crippen LogP contribution in [0.25, 0.3) is 0 Å². The van der Waals surface area contributed by atoms with Crippen molar-refractivity contribution in [2.24, 2.45) is 0 Å². The van der Waals surface area contributed by atoms with Gasteiger partial charge in [-0.05, 0) is 12.1 Å². The molecule has 0 aliphatic carbocycles. The summed E-state index contributed by atoms with van der Waals surface area (Å²) in [6, 6.07) is 2.75. The fraction of sp³-hybridized carbons (Fsp3) is 0.182. The van der Waals surface area contributed by atoms with Crippen LogP contribution in [0.3, 0.4) is 0 Å². The van der Waals surface area contributed by atoms with E-state index in [0.717, 1.165) is 5.06 Å². The molecular formula is C11H11N3O4S. The highest BCUT2D eigenvalue weighted by Crippen LogP contribution is 2.24. The molecule has 0 unspecified atom stereocenters. The number of rotatable bonds is 4.